The lowest BCUT2D eigenvalue weighted by molar-refractivity contribution is -0.385. The van der Waals surface area contributed by atoms with Gasteiger partial charge in [-0.3, -0.25) is 10.1 Å². The summed E-state index contributed by atoms with van der Waals surface area (Å²) in [7, 11) is 0. The molecule has 2 aromatic carbocycles. The van der Waals surface area contributed by atoms with Crippen molar-refractivity contribution in [3.63, 3.8) is 0 Å². The molecule has 1 unspecified atom stereocenters. The Labute approximate surface area is 139 Å². The van der Waals surface area contributed by atoms with Crippen LogP contribution in [0, 0.1) is 10.1 Å². The number of halogens is 2. The molecule has 0 radical (unpaired) electrons. The van der Waals surface area contributed by atoms with Gasteiger partial charge in [0.15, 0.2) is 0 Å². The van der Waals surface area contributed by atoms with Gasteiger partial charge in [0, 0.05) is 26.6 Å². The van der Waals surface area contributed by atoms with Crippen molar-refractivity contribution in [1.29, 1.82) is 0 Å². The number of nitro groups is 1. The summed E-state index contributed by atoms with van der Waals surface area (Å²) in [6.45, 7) is 0. The van der Waals surface area contributed by atoms with E-state index in [0.717, 1.165) is 10.0 Å². The summed E-state index contributed by atoms with van der Waals surface area (Å²) in [6, 6.07) is 12.7. The van der Waals surface area contributed by atoms with E-state index in [4.69, 9.17) is 5.73 Å². The number of nitro benzene ring substituents is 1. The second-order valence-electron chi connectivity index (χ2n) is 4.79. The predicted octanol–water partition coefficient (Wildman–Crippen LogP) is 4.23. The quantitative estimate of drug-likeness (QED) is 0.588. The van der Waals surface area contributed by atoms with E-state index in [2.05, 4.69) is 31.9 Å². The third kappa shape index (κ3) is 4.36. The Morgan fingerprint density at radius 3 is 2.43 bits per heavy atom. The van der Waals surface area contributed by atoms with Crippen molar-refractivity contribution in [2.45, 2.75) is 18.9 Å². The molecule has 21 heavy (non-hydrogen) atoms. The maximum absolute atomic E-state index is 11.1. The molecule has 0 saturated carbocycles. The van der Waals surface area contributed by atoms with E-state index >= 15 is 0 Å². The summed E-state index contributed by atoms with van der Waals surface area (Å²) in [5.74, 6) is 0. The highest BCUT2D eigenvalue weighted by Crippen LogP contribution is 2.25. The van der Waals surface area contributed by atoms with Gasteiger partial charge in [-0.25, -0.2) is 0 Å². The van der Waals surface area contributed by atoms with Gasteiger partial charge in [0.2, 0.25) is 0 Å². The zero-order chi connectivity index (χ0) is 15.4. The molecule has 0 aliphatic heterocycles. The lowest BCUT2D eigenvalue weighted by Crippen LogP contribution is -2.26. The third-order valence-corrected chi connectivity index (χ3v) is 4.43. The Balaban J connectivity index is 2.15. The van der Waals surface area contributed by atoms with Crippen LogP contribution >= 0.6 is 31.9 Å². The molecule has 0 saturated heterocycles. The predicted molar refractivity (Wildman–Crippen MR) is 90.3 cm³/mol. The van der Waals surface area contributed by atoms with Gasteiger partial charge in [-0.1, -0.05) is 56.1 Å². The molecule has 2 aromatic rings. The molecule has 0 amide bonds. The highest BCUT2D eigenvalue weighted by molar-refractivity contribution is 9.10. The van der Waals surface area contributed by atoms with Crippen LogP contribution in [-0.4, -0.2) is 11.0 Å². The van der Waals surface area contributed by atoms with Crippen LogP contribution in [0.1, 0.15) is 11.1 Å². The SMILES string of the molecule is NC(Cc1ccccc1Br)Cc1ccc(Br)cc1[N+](=O)[O-]. The molecule has 2 rings (SSSR count). The Kier molecular flexibility index (Phi) is 5.50. The normalized spacial score (nSPS) is 12.1. The first kappa shape index (κ1) is 16.1. The van der Waals surface area contributed by atoms with Gasteiger partial charge in [0.1, 0.15) is 0 Å². The summed E-state index contributed by atoms with van der Waals surface area (Å²) < 4.78 is 1.70. The minimum atomic E-state index is -0.370. The summed E-state index contributed by atoms with van der Waals surface area (Å²) in [5, 5.41) is 11.1. The van der Waals surface area contributed by atoms with Gasteiger partial charge in [0.05, 0.1) is 4.92 Å². The van der Waals surface area contributed by atoms with E-state index in [9.17, 15) is 10.1 Å². The Bertz CT molecular complexity index is 662. The van der Waals surface area contributed by atoms with Crippen LogP contribution < -0.4 is 5.73 Å². The number of benzene rings is 2. The van der Waals surface area contributed by atoms with Crippen LogP contribution in [0.2, 0.25) is 0 Å². The van der Waals surface area contributed by atoms with Crippen LogP contribution in [0.5, 0.6) is 0 Å². The second-order valence-corrected chi connectivity index (χ2v) is 6.56. The standard InChI is InChI=1S/C15H14Br2N2O2/c16-12-6-5-11(15(9-12)19(20)21)8-13(18)7-10-3-1-2-4-14(10)17/h1-6,9,13H,7-8,18H2. The van der Waals surface area contributed by atoms with Crippen molar-refractivity contribution in [3.8, 4) is 0 Å². The molecule has 1 atom stereocenters. The fourth-order valence-corrected chi connectivity index (χ4v) is 2.98. The summed E-state index contributed by atoms with van der Waals surface area (Å²) in [4.78, 5) is 10.7. The molecule has 0 aromatic heterocycles. The number of nitrogens with zero attached hydrogens (tertiary/aromatic N) is 1. The van der Waals surface area contributed by atoms with Crippen LogP contribution in [-0.2, 0) is 12.8 Å². The van der Waals surface area contributed by atoms with Crippen LogP contribution in [0.25, 0.3) is 0 Å². The highest BCUT2D eigenvalue weighted by atomic mass is 79.9. The number of rotatable bonds is 5. The molecule has 0 aliphatic rings. The lowest BCUT2D eigenvalue weighted by Gasteiger charge is -2.13. The Hall–Kier alpha value is -1.24. The maximum Gasteiger partial charge on any atom is 0.273 e. The van der Waals surface area contributed by atoms with E-state index in [1.54, 1.807) is 12.1 Å². The number of nitrogens with two attached hydrogens (primary N) is 1. The molecule has 0 heterocycles. The van der Waals surface area contributed by atoms with Crippen LogP contribution in [0.4, 0.5) is 5.69 Å². The average molecular weight is 414 g/mol. The van der Waals surface area contributed by atoms with Gasteiger partial charge in [-0.05, 0) is 30.5 Å². The molecule has 0 bridgehead atoms. The first-order valence-corrected chi connectivity index (χ1v) is 7.98. The summed E-state index contributed by atoms with van der Waals surface area (Å²) in [5.41, 5.74) is 8.02. The highest BCUT2D eigenvalue weighted by Gasteiger charge is 2.17. The van der Waals surface area contributed by atoms with Crippen LogP contribution in [0.3, 0.4) is 0 Å². The first-order chi connectivity index (χ1) is 9.97. The zero-order valence-electron chi connectivity index (χ0n) is 11.1. The van der Waals surface area contributed by atoms with Crippen molar-refractivity contribution in [1.82, 2.24) is 0 Å². The van der Waals surface area contributed by atoms with E-state index < -0.39 is 0 Å². The zero-order valence-corrected chi connectivity index (χ0v) is 14.3. The molecule has 0 spiro atoms. The average Bonchev–Trinajstić information content (AvgIpc) is 2.43. The van der Waals surface area contributed by atoms with E-state index in [0.29, 0.717) is 22.9 Å². The lowest BCUT2D eigenvalue weighted by atomic mass is 9.99. The summed E-state index contributed by atoms with van der Waals surface area (Å²) in [6.07, 6.45) is 1.12. The van der Waals surface area contributed by atoms with E-state index in [1.165, 1.54) is 6.07 Å². The third-order valence-electron chi connectivity index (χ3n) is 3.17. The van der Waals surface area contributed by atoms with Crippen molar-refractivity contribution >= 4 is 37.5 Å². The van der Waals surface area contributed by atoms with Crippen molar-refractivity contribution in [2.24, 2.45) is 5.73 Å². The largest absolute Gasteiger partial charge is 0.327 e. The second kappa shape index (κ2) is 7.15. The molecule has 4 nitrogen and oxygen atoms in total. The molecule has 0 fully saturated rings. The van der Waals surface area contributed by atoms with Gasteiger partial charge in [-0.2, -0.15) is 0 Å². The topological polar surface area (TPSA) is 69.2 Å². The Morgan fingerprint density at radius 1 is 1.10 bits per heavy atom. The van der Waals surface area contributed by atoms with Crippen molar-refractivity contribution < 1.29 is 4.92 Å². The van der Waals surface area contributed by atoms with Gasteiger partial charge in [-0.15, -0.1) is 0 Å². The fraction of sp³-hybridized carbons (Fsp3) is 0.200. The minimum absolute atomic E-state index is 0.104. The Morgan fingerprint density at radius 2 is 1.76 bits per heavy atom. The molecule has 0 aliphatic carbocycles. The van der Waals surface area contributed by atoms with Crippen molar-refractivity contribution in [2.75, 3.05) is 0 Å². The summed E-state index contributed by atoms with van der Waals surface area (Å²) >= 11 is 6.74. The monoisotopic (exact) mass is 412 g/mol. The van der Waals surface area contributed by atoms with Gasteiger partial charge < -0.3 is 5.73 Å². The fourth-order valence-electron chi connectivity index (χ4n) is 2.18. The molecular formula is C15H14Br2N2O2. The smallest absolute Gasteiger partial charge is 0.273 e. The van der Waals surface area contributed by atoms with Gasteiger partial charge >= 0.3 is 0 Å². The minimum Gasteiger partial charge on any atom is -0.327 e. The maximum atomic E-state index is 11.1. The molecular weight excluding hydrogens is 400 g/mol. The van der Waals surface area contributed by atoms with E-state index in [-0.39, 0.29) is 16.7 Å². The van der Waals surface area contributed by atoms with Crippen molar-refractivity contribution in [3.05, 3.63) is 72.7 Å². The van der Waals surface area contributed by atoms with Crippen LogP contribution in [0.15, 0.2) is 51.4 Å². The number of hydrogen-bond donors (Lipinski definition) is 1. The van der Waals surface area contributed by atoms with Gasteiger partial charge in [0.25, 0.3) is 5.69 Å². The molecule has 110 valence electrons. The first-order valence-electron chi connectivity index (χ1n) is 6.39. The molecule has 2 N–H and O–H groups in total. The van der Waals surface area contributed by atoms with E-state index in [1.807, 2.05) is 24.3 Å². The molecule has 6 heteroatoms. The number of hydrogen-bond acceptors (Lipinski definition) is 3.